The van der Waals surface area contributed by atoms with E-state index >= 15 is 0 Å². The summed E-state index contributed by atoms with van der Waals surface area (Å²) >= 11 is 0. The maximum absolute atomic E-state index is 3.64. The van der Waals surface area contributed by atoms with Crippen molar-refractivity contribution in [2.24, 2.45) is 0 Å². The second-order valence-corrected chi connectivity index (χ2v) is 6.30. The highest BCUT2D eigenvalue weighted by Crippen LogP contribution is 2.26. The molecule has 3 unspecified atom stereocenters. The summed E-state index contributed by atoms with van der Waals surface area (Å²) in [7, 11) is 4.63. The van der Waals surface area contributed by atoms with Gasteiger partial charge in [-0.15, -0.1) is 0 Å². The van der Waals surface area contributed by atoms with Gasteiger partial charge in [-0.05, 0) is 59.3 Å². The van der Waals surface area contributed by atoms with Gasteiger partial charge in [-0.2, -0.15) is 0 Å². The Morgan fingerprint density at radius 2 is 1.94 bits per heavy atom. The highest BCUT2D eigenvalue weighted by atomic mass is 15.2. The number of nitrogens with one attached hydrogen (secondary N) is 1. The molecule has 1 heterocycles. The minimum absolute atomic E-state index is 0.762. The van der Waals surface area contributed by atoms with Gasteiger partial charge in [0.15, 0.2) is 0 Å². The van der Waals surface area contributed by atoms with Gasteiger partial charge in [0.25, 0.3) is 0 Å². The van der Waals surface area contributed by atoms with Crippen molar-refractivity contribution >= 4 is 0 Å². The van der Waals surface area contributed by atoms with Gasteiger partial charge in [0.05, 0.1) is 0 Å². The molecule has 3 nitrogen and oxygen atoms in total. The molecule has 18 heavy (non-hydrogen) atoms. The Morgan fingerprint density at radius 3 is 2.67 bits per heavy atom. The minimum Gasteiger partial charge on any atom is -0.314 e. The molecule has 3 atom stereocenters. The lowest BCUT2D eigenvalue weighted by molar-refractivity contribution is 0.0743. The van der Waals surface area contributed by atoms with E-state index < -0.39 is 0 Å². The van der Waals surface area contributed by atoms with Gasteiger partial charge in [-0.25, -0.2) is 0 Å². The van der Waals surface area contributed by atoms with Crippen molar-refractivity contribution < 1.29 is 0 Å². The first-order chi connectivity index (χ1) is 8.70. The van der Waals surface area contributed by atoms with E-state index in [1.165, 1.54) is 51.6 Å². The number of piperidine rings is 1. The Labute approximate surface area is 113 Å². The van der Waals surface area contributed by atoms with Gasteiger partial charge in [0.1, 0.15) is 0 Å². The normalized spacial score (nSPS) is 35.0. The van der Waals surface area contributed by atoms with E-state index in [4.69, 9.17) is 0 Å². The molecule has 1 aliphatic carbocycles. The summed E-state index contributed by atoms with van der Waals surface area (Å²) in [5, 5.41) is 3.64. The Bertz CT molecular complexity index is 242. The maximum Gasteiger partial charge on any atom is 0.0223 e. The first kappa shape index (κ1) is 14.3. The standard InChI is InChI=1S/C15H31N3/c1-4-16-13-7-5-8-14(11-13)18(3)15-9-6-10-17(2)12-15/h13-16H,4-12H2,1-3H3. The van der Waals surface area contributed by atoms with Crippen molar-refractivity contribution in [3.8, 4) is 0 Å². The van der Waals surface area contributed by atoms with Crippen LogP contribution in [0.5, 0.6) is 0 Å². The van der Waals surface area contributed by atoms with Crippen LogP contribution in [0.15, 0.2) is 0 Å². The second kappa shape index (κ2) is 6.88. The van der Waals surface area contributed by atoms with Gasteiger partial charge in [-0.1, -0.05) is 13.3 Å². The molecule has 0 radical (unpaired) electrons. The van der Waals surface area contributed by atoms with Crippen LogP contribution in [0.2, 0.25) is 0 Å². The summed E-state index contributed by atoms with van der Waals surface area (Å²) in [6, 6.07) is 2.35. The highest BCUT2D eigenvalue weighted by Gasteiger charge is 2.29. The second-order valence-electron chi connectivity index (χ2n) is 6.30. The predicted octanol–water partition coefficient (Wildman–Crippen LogP) is 1.93. The minimum atomic E-state index is 0.762. The molecule has 0 aromatic heterocycles. The summed E-state index contributed by atoms with van der Waals surface area (Å²) in [5.41, 5.74) is 0. The largest absolute Gasteiger partial charge is 0.314 e. The number of rotatable bonds is 4. The zero-order valence-corrected chi connectivity index (χ0v) is 12.5. The molecule has 0 bridgehead atoms. The van der Waals surface area contributed by atoms with Crippen LogP contribution in [0, 0.1) is 0 Å². The number of hydrogen-bond donors (Lipinski definition) is 1. The van der Waals surface area contributed by atoms with Gasteiger partial charge in [0, 0.05) is 24.7 Å². The van der Waals surface area contributed by atoms with Crippen molar-refractivity contribution in [1.82, 2.24) is 15.1 Å². The lowest BCUT2D eigenvalue weighted by Crippen LogP contribution is -2.51. The summed E-state index contributed by atoms with van der Waals surface area (Å²) < 4.78 is 0. The molecule has 106 valence electrons. The molecule has 1 aliphatic heterocycles. The van der Waals surface area contributed by atoms with Crippen LogP contribution in [0.3, 0.4) is 0 Å². The fourth-order valence-electron chi connectivity index (χ4n) is 3.78. The topological polar surface area (TPSA) is 18.5 Å². The Kier molecular flexibility index (Phi) is 5.46. The van der Waals surface area contributed by atoms with Crippen molar-refractivity contribution in [3.05, 3.63) is 0 Å². The van der Waals surface area contributed by atoms with Crippen LogP contribution in [0.25, 0.3) is 0 Å². The highest BCUT2D eigenvalue weighted by molar-refractivity contribution is 4.87. The summed E-state index contributed by atoms with van der Waals surface area (Å²) in [6.07, 6.45) is 8.29. The van der Waals surface area contributed by atoms with Crippen LogP contribution in [-0.4, -0.2) is 61.7 Å². The predicted molar refractivity (Wildman–Crippen MR) is 78.0 cm³/mol. The molecule has 1 saturated heterocycles. The fourth-order valence-corrected chi connectivity index (χ4v) is 3.78. The number of hydrogen-bond acceptors (Lipinski definition) is 3. The van der Waals surface area contributed by atoms with E-state index in [9.17, 15) is 0 Å². The van der Waals surface area contributed by atoms with Gasteiger partial charge in [0.2, 0.25) is 0 Å². The SMILES string of the molecule is CCNC1CCCC(N(C)C2CCCN(C)C2)C1. The van der Waals surface area contributed by atoms with Crippen LogP contribution >= 0.6 is 0 Å². The van der Waals surface area contributed by atoms with E-state index in [1.807, 2.05) is 0 Å². The Balaban J connectivity index is 1.85. The third-order valence-electron chi connectivity index (χ3n) is 4.89. The molecule has 2 rings (SSSR count). The lowest BCUT2D eigenvalue weighted by Gasteiger charge is -2.43. The summed E-state index contributed by atoms with van der Waals surface area (Å²) in [5.74, 6) is 0. The van der Waals surface area contributed by atoms with Gasteiger partial charge in [-0.3, -0.25) is 4.90 Å². The van der Waals surface area contributed by atoms with Gasteiger partial charge < -0.3 is 10.2 Å². The molecule has 0 spiro atoms. The summed E-state index contributed by atoms with van der Waals surface area (Å²) in [4.78, 5) is 5.19. The third kappa shape index (κ3) is 3.69. The molecule has 1 N–H and O–H groups in total. The molecule has 2 aliphatic rings. The van der Waals surface area contributed by atoms with Crippen molar-refractivity contribution in [1.29, 1.82) is 0 Å². The van der Waals surface area contributed by atoms with E-state index in [0.717, 1.165) is 24.7 Å². The molecule has 3 heteroatoms. The van der Waals surface area contributed by atoms with Crippen molar-refractivity contribution in [2.45, 2.75) is 63.6 Å². The maximum atomic E-state index is 3.64. The van der Waals surface area contributed by atoms with Crippen LogP contribution in [0.1, 0.15) is 45.4 Å². The molecular formula is C15H31N3. The molecule has 0 aromatic carbocycles. The molecule has 2 fully saturated rings. The quantitative estimate of drug-likeness (QED) is 0.826. The van der Waals surface area contributed by atoms with E-state index in [1.54, 1.807) is 0 Å². The van der Waals surface area contributed by atoms with Gasteiger partial charge >= 0.3 is 0 Å². The number of nitrogens with zero attached hydrogens (tertiary/aromatic N) is 2. The van der Waals surface area contributed by atoms with E-state index in [-0.39, 0.29) is 0 Å². The molecule has 1 saturated carbocycles. The Hall–Kier alpha value is -0.120. The lowest BCUT2D eigenvalue weighted by atomic mass is 9.88. The molecule has 0 aromatic rings. The van der Waals surface area contributed by atoms with Crippen molar-refractivity contribution in [2.75, 3.05) is 33.7 Å². The van der Waals surface area contributed by atoms with Crippen LogP contribution in [-0.2, 0) is 0 Å². The number of likely N-dealkylation sites (N-methyl/N-ethyl adjacent to an activating group) is 2. The first-order valence-corrected chi connectivity index (χ1v) is 7.84. The summed E-state index contributed by atoms with van der Waals surface area (Å²) in [6.45, 7) is 5.89. The molecule has 0 amide bonds. The average molecular weight is 253 g/mol. The average Bonchev–Trinajstić information content (AvgIpc) is 2.39. The smallest absolute Gasteiger partial charge is 0.0223 e. The van der Waals surface area contributed by atoms with Crippen molar-refractivity contribution in [3.63, 3.8) is 0 Å². The van der Waals surface area contributed by atoms with Crippen LogP contribution in [0.4, 0.5) is 0 Å². The van der Waals surface area contributed by atoms with E-state index in [2.05, 4.69) is 36.1 Å². The fraction of sp³-hybridized carbons (Fsp3) is 1.00. The third-order valence-corrected chi connectivity index (χ3v) is 4.89. The van der Waals surface area contributed by atoms with Crippen LogP contribution < -0.4 is 5.32 Å². The van der Waals surface area contributed by atoms with E-state index in [0.29, 0.717) is 0 Å². The molecular weight excluding hydrogens is 222 g/mol. The first-order valence-electron chi connectivity index (χ1n) is 7.84. The monoisotopic (exact) mass is 253 g/mol. The zero-order chi connectivity index (χ0) is 13.0. The number of likely N-dealkylation sites (tertiary alicyclic amines) is 1. The Morgan fingerprint density at radius 1 is 1.17 bits per heavy atom. The zero-order valence-electron chi connectivity index (χ0n) is 12.5.